The molecule has 0 saturated heterocycles. The third-order valence-corrected chi connectivity index (χ3v) is 3.20. The van der Waals surface area contributed by atoms with Crippen molar-refractivity contribution in [2.45, 2.75) is 20.8 Å². The number of aryl methyl sites for hydroxylation is 1. The average Bonchev–Trinajstić information content (AvgIpc) is 2.43. The van der Waals surface area contributed by atoms with Gasteiger partial charge in [-0.15, -0.1) is 5.10 Å². The molecule has 1 aromatic heterocycles. The fourth-order valence-corrected chi connectivity index (χ4v) is 2.09. The maximum absolute atomic E-state index is 5.77. The van der Waals surface area contributed by atoms with Gasteiger partial charge in [0, 0.05) is 6.07 Å². The first kappa shape index (κ1) is 15.2. The van der Waals surface area contributed by atoms with E-state index in [0.29, 0.717) is 23.8 Å². The summed E-state index contributed by atoms with van der Waals surface area (Å²) < 4.78 is 11.2. The minimum Gasteiger partial charge on any atom is -0.494 e. The highest BCUT2D eigenvalue weighted by Crippen LogP contribution is 2.28. The maximum Gasteiger partial charge on any atom is 0.249 e. The molecule has 0 spiro atoms. The smallest absolute Gasteiger partial charge is 0.249 e. The van der Waals surface area contributed by atoms with Gasteiger partial charge in [-0.3, -0.25) is 0 Å². The molecule has 0 amide bonds. The monoisotopic (exact) mass is 303 g/mol. The van der Waals surface area contributed by atoms with E-state index in [-0.39, 0.29) is 4.99 Å². The number of aromatic nitrogens is 2. The van der Waals surface area contributed by atoms with E-state index in [9.17, 15) is 0 Å². The molecule has 0 radical (unpaired) electrons. The highest BCUT2D eigenvalue weighted by atomic mass is 32.1. The normalized spacial score (nSPS) is 10.2. The Morgan fingerprint density at radius 3 is 2.62 bits per heavy atom. The highest BCUT2D eigenvalue weighted by Gasteiger charge is 2.15. The molecular weight excluding hydrogens is 286 g/mol. The first-order valence-electron chi connectivity index (χ1n) is 6.57. The predicted molar refractivity (Wildman–Crippen MR) is 85.1 cm³/mol. The van der Waals surface area contributed by atoms with Crippen molar-refractivity contribution in [2.75, 3.05) is 6.61 Å². The van der Waals surface area contributed by atoms with E-state index in [0.717, 1.165) is 17.0 Å². The van der Waals surface area contributed by atoms with Gasteiger partial charge in [-0.25, -0.2) is 0 Å². The van der Waals surface area contributed by atoms with Crippen LogP contribution in [-0.2, 0) is 0 Å². The van der Waals surface area contributed by atoms with Crippen LogP contribution in [0, 0.1) is 13.8 Å². The Morgan fingerprint density at radius 2 is 1.95 bits per heavy atom. The second kappa shape index (κ2) is 6.49. The van der Waals surface area contributed by atoms with Crippen LogP contribution in [0.25, 0.3) is 0 Å². The summed E-state index contributed by atoms with van der Waals surface area (Å²) in [4.78, 5) is 0.237. The maximum atomic E-state index is 5.77. The van der Waals surface area contributed by atoms with Crippen LogP contribution in [0.5, 0.6) is 17.4 Å². The number of ether oxygens (including phenoxy) is 2. The van der Waals surface area contributed by atoms with E-state index in [4.69, 9.17) is 27.4 Å². The Balaban J connectivity index is 2.37. The van der Waals surface area contributed by atoms with Crippen molar-refractivity contribution < 1.29 is 9.47 Å². The molecule has 0 aliphatic carbocycles. The second-order valence-electron chi connectivity index (χ2n) is 4.46. The summed E-state index contributed by atoms with van der Waals surface area (Å²) in [7, 11) is 0. The molecule has 0 bridgehead atoms. The largest absolute Gasteiger partial charge is 0.494 e. The number of thiocarbonyl (C=S) groups is 1. The number of rotatable bonds is 5. The van der Waals surface area contributed by atoms with Gasteiger partial charge in [0.25, 0.3) is 0 Å². The van der Waals surface area contributed by atoms with Crippen LogP contribution < -0.4 is 15.2 Å². The zero-order valence-electron chi connectivity index (χ0n) is 12.2. The van der Waals surface area contributed by atoms with E-state index >= 15 is 0 Å². The fourth-order valence-electron chi connectivity index (χ4n) is 1.85. The molecule has 1 aromatic carbocycles. The van der Waals surface area contributed by atoms with Crippen molar-refractivity contribution in [1.29, 1.82) is 0 Å². The summed E-state index contributed by atoms with van der Waals surface area (Å²) in [5.41, 5.74) is 8.03. The van der Waals surface area contributed by atoms with Crippen molar-refractivity contribution in [2.24, 2.45) is 5.73 Å². The van der Waals surface area contributed by atoms with Gasteiger partial charge in [-0.2, -0.15) is 5.10 Å². The highest BCUT2D eigenvalue weighted by molar-refractivity contribution is 7.80. The quantitative estimate of drug-likeness (QED) is 0.856. The molecule has 21 heavy (non-hydrogen) atoms. The van der Waals surface area contributed by atoms with Crippen LogP contribution in [0.2, 0.25) is 0 Å². The fraction of sp³-hybridized carbons (Fsp3) is 0.267. The number of hydrogen-bond donors (Lipinski definition) is 1. The lowest BCUT2D eigenvalue weighted by atomic mass is 10.1. The Bertz CT molecular complexity index is 674. The van der Waals surface area contributed by atoms with Crippen LogP contribution in [0.4, 0.5) is 0 Å². The van der Waals surface area contributed by atoms with E-state index < -0.39 is 0 Å². The average molecular weight is 303 g/mol. The SMILES string of the molecule is CCOc1cccc(Oc2nnc(C)c(C)c2C(N)=S)c1. The molecule has 0 atom stereocenters. The van der Waals surface area contributed by atoms with Gasteiger partial charge in [0.2, 0.25) is 5.88 Å². The van der Waals surface area contributed by atoms with Gasteiger partial charge < -0.3 is 15.2 Å². The van der Waals surface area contributed by atoms with E-state index in [2.05, 4.69) is 10.2 Å². The standard InChI is InChI=1S/C15H17N3O2S/c1-4-19-11-6-5-7-12(8-11)20-15-13(14(16)21)9(2)10(3)17-18-15/h5-8H,4H2,1-3H3,(H2,16,21). The second-order valence-corrected chi connectivity index (χ2v) is 4.90. The minimum absolute atomic E-state index is 0.237. The summed E-state index contributed by atoms with van der Waals surface area (Å²) in [5, 5.41) is 8.11. The Morgan fingerprint density at radius 1 is 1.24 bits per heavy atom. The van der Waals surface area contributed by atoms with Crippen LogP contribution >= 0.6 is 12.2 Å². The van der Waals surface area contributed by atoms with Crippen molar-refractivity contribution >= 4 is 17.2 Å². The molecule has 0 fully saturated rings. The van der Waals surface area contributed by atoms with Gasteiger partial charge >= 0.3 is 0 Å². The zero-order valence-corrected chi connectivity index (χ0v) is 13.0. The van der Waals surface area contributed by atoms with Crippen LogP contribution in [0.15, 0.2) is 24.3 Å². The van der Waals surface area contributed by atoms with Gasteiger partial charge in [-0.05, 0) is 38.5 Å². The van der Waals surface area contributed by atoms with Crippen molar-refractivity contribution in [1.82, 2.24) is 10.2 Å². The molecular formula is C15H17N3O2S. The van der Waals surface area contributed by atoms with Crippen LogP contribution in [0.3, 0.4) is 0 Å². The Kier molecular flexibility index (Phi) is 4.70. The lowest BCUT2D eigenvalue weighted by Crippen LogP contribution is -2.15. The summed E-state index contributed by atoms with van der Waals surface area (Å²) in [6.45, 7) is 6.25. The van der Waals surface area contributed by atoms with Gasteiger partial charge in [-0.1, -0.05) is 18.3 Å². The van der Waals surface area contributed by atoms with Crippen molar-refractivity contribution in [3.8, 4) is 17.4 Å². The zero-order chi connectivity index (χ0) is 15.4. The molecule has 0 saturated carbocycles. The summed E-state index contributed by atoms with van der Waals surface area (Å²) >= 11 is 5.09. The van der Waals surface area contributed by atoms with Crippen molar-refractivity contribution in [3.05, 3.63) is 41.1 Å². The van der Waals surface area contributed by atoms with E-state index in [1.165, 1.54) is 0 Å². The lowest BCUT2D eigenvalue weighted by molar-refractivity contribution is 0.337. The van der Waals surface area contributed by atoms with Gasteiger partial charge in [0.05, 0.1) is 17.9 Å². The molecule has 6 heteroatoms. The molecule has 0 unspecified atom stereocenters. The summed E-state index contributed by atoms with van der Waals surface area (Å²) in [6.07, 6.45) is 0. The topological polar surface area (TPSA) is 70.3 Å². The number of hydrogen-bond acceptors (Lipinski definition) is 5. The van der Waals surface area contributed by atoms with E-state index in [1.54, 1.807) is 6.07 Å². The molecule has 1 heterocycles. The van der Waals surface area contributed by atoms with Gasteiger partial charge in [0.1, 0.15) is 16.5 Å². The van der Waals surface area contributed by atoms with Gasteiger partial charge in [0.15, 0.2) is 0 Å². The number of nitrogens with two attached hydrogens (primary N) is 1. The third-order valence-electron chi connectivity index (χ3n) is 3.00. The third kappa shape index (κ3) is 3.46. The Hall–Kier alpha value is -2.21. The first-order valence-corrected chi connectivity index (χ1v) is 6.98. The molecule has 5 nitrogen and oxygen atoms in total. The lowest BCUT2D eigenvalue weighted by Gasteiger charge is -2.12. The molecule has 0 aliphatic rings. The summed E-state index contributed by atoms with van der Waals surface area (Å²) in [5.74, 6) is 1.62. The first-order chi connectivity index (χ1) is 10.0. The molecule has 2 N–H and O–H groups in total. The summed E-state index contributed by atoms with van der Waals surface area (Å²) in [6, 6.07) is 7.29. The van der Waals surface area contributed by atoms with Crippen molar-refractivity contribution in [3.63, 3.8) is 0 Å². The number of nitrogens with zero attached hydrogens (tertiary/aromatic N) is 2. The molecule has 110 valence electrons. The molecule has 2 aromatic rings. The Labute approximate surface area is 129 Å². The van der Waals surface area contributed by atoms with E-state index in [1.807, 2.05) is 39.0 Å². The minimum atomic E-state index is 0.237. The molecule has 2 rings (SSSR count). The predicted octanol–water partition coefficient (Wildman–Crippen LogP) is 2.92. The number of benzene rings is 1. The molecule has 0 aliphatic heterocycles. The van der Waals surface area contributed by atoms with Crippen LogP contribution in [-0.4, -0.2) is 21.8 Å². The van der Waals surface area contributed by atoms with Crippen LogP contribution in [0.1, 0.15) is 23.7 Å².